The lowest BCUT2D eigenvalue weighted by Gasteiger charge is -2.13. The van der Waals surface area contributed by atoms with Crippen molar-refractivity contribution in [2.24, 2.45) is 0 Å². The smallest absolute Gasteiger partial charge is 0.215 e. The molecule has 1 atom stereocenters. The molecule has 29 heavy (non-hydrogen) atoms. The number of rotatable bonds is 4. The third kappa shape index (κ3) is 3.56. The van der Waals surface area contributed by atoms with Crippen molar-refractivity contribution in [2.45, 2.75) is 10.1 Å². The number of fused-ring (bicyclic) bond motifs is 1. The van der Waals surface area contributed by atoms with Gasteiger partial charge in [0.05, 0.1) is 15.8 Å². The Balaban J connectivity index is 1.90. The summed E-state index contributed by atoms with van der Waals surface area (Å²) in [6, 6.07) is 12.4. The Labute approximate surface area is 180 Å². The van der Waals surface area contributed by atoms with Gasteiger partial charge < -0.3 is 5.11 Å². The molecule has 0 saturated carbocycles. The van der Waals surface area contributed by atoms with Crippen LogP contribution in [0.5, 0.6) is 5.88 Å². The molecule has 0 aliphatic rings. The topological polar surface area (TPSA) is 50.4 Å². The van der Waals surface area contributed by atoms with Gasteiger partial charge in [-0.2, -0.15) is 22.2 Å². The highest BCUT2D eigenvalue weighted by Gasteiger charge is 2.23. The number of halogens is 3. The third-order valence-electron chi connectivity index (χ3n) is 4.41. The first-order valence-electron chi connectivity index (χ1n) is 8.45. The first-order valence-corrected chi connectivity index (χ1v) is 10.6. The van der Waals surface area contributed by atoms with E-state index in [1.54, 1.807) is 18.2 Å². The molecule has 2 heterocycles. The zero-order valence-electron chi connectivity index (χ0n) is 15.0. The molecule has 0 saturated heterocycles. The fraction of sp³-hybridized carbons (Fsp3) is 0.100. The van der Waals surface area contributed by atoms with Gasteiger partial charge in [-0.05, 0) is 24.5 Å². The van der Waals surface area contributed by atoms with E-state index in [0.717, 1.165) is 11.6 Å². The van der Waals surface area contributed by atoms with Gasteiger partial charge in [0, 0.05) is 22.2 Å². The molecule has 0 bridgehead atoms. The maximum atomic E-state index is 14.2. The lowest BCUT2D eigenvalue weighted by atomic mass is 10.1. The molecule has 0 fully saturated rings. The molecular formula is C20H14ClF2N3OS2. The summed E-state index contributed by atoms with van der Waals surface area (Å²) in [5, 5.41) is 14.7. The van der Waals surface area contributed by atoms with Gasteiger partial charge in [-0.15, -0.1) is 11.8 Å². The molecular weight excluding hydrogens is 436 g/mol. The van der Waals surface area contributed by atoms with E-state index < -0.39 is 16.9 Å². The molecule has 148 valence electrons. The average Bonchev–Trinajstić information content (AvgIpc) is 3.09. The van der Waals surface area contributed by atoms with E-state index in [4.69, 9.17) is 11.6 Å². The number of thioether (sulfide) groups is 1. The Morgan fingerprint density at radius 2 is 1.93 bits per heavy atom. The molecule has 2 aromatic carbocycles. The van der Waals surface area contributed by atoms with Crippen molar-refractivity contribution in [1.82, 2.24) is 14.6 Å². The van der Waals surface area contributed by atoms with Crippen LogP contribution in [0.15, 0.2) is 53.4 Å². The third-order valence-corrected chi connectivity index (χ3v) is 5.97. The van der Waals surface area contributed by atoms with Gasteiger partial charge in [0.15, 0.2) is 17.3 Å². The van der Waals surface area contributed by atoms with Crippen LogP contribution in [0.2, 0.25) is 5.02 Å². The van der Waals surface area contributed by atoms with Crippen LogP contribution in [0.4, 0.5) is 8.78 Å². The number of hydrogen-bond acceptors (Lipinski definition) is 5. The molecule has 0 spiro atoms. The van der Waals surface area contributed by atoms with Crippen molar-refractivity contribution < 1.29 is 13.9 Å². The van der Waals surface area contributed by atoms with Gasteiger partial charge in [-0.1, -0.05) is 35.9 Å². The lowest BCUT2D eigenvalue weighted by molar-refractivity contribution is 0.434. The van der Waals surface area contributed by atoms with E-state index in [-0.39, 0.29) is 17.1 Å². The largest absolute Gasteiger partial charge is 0.493 e. The van der Waals surface area contributed by atoms with Crippen molar-refractivity contribution in [3.8, 4) is 17.1 Å². The predicted molar refractivity (Wildman–Crippen MR) is 114 cm³/mol. The normalized spacial score (nSPS) is 12.4. The molecule has 0 aliphatic carbocycles. The second-order valence-electron chi connectivity index (χ2n) is 6.21. The molecule has 0 radical (unpaired) electrons. The summed E-state index contributed by atoms with van der Waals surface area (Å²) in [5.41, 5.74) is 2.07. The molecule has 0 amide bonds. The molecule has 2 aromatic heterocycles. The summed E-state index contributed by atoms with van der Waals surface area (Å²) < 4.78 is 29.1. The Hall–Kier alpha value is -2.29. The zero-order chi connectivity index (χ0) is 20.7. The van der Waals surface area contributed by atoms with Crippen molar-refractivity contribution in [2.75, 3.05) is 6.26 Å². The summed E-state index contributed by atoms with van der Waals surface area (Å²) in [5.74, 6) is -2.15. The fourth-order valence-electron chi connectivity index (χ4n) is 3.04. The van der Waals surface area contributed by atoms with Crippen LogP contribution in [0, 0.1) is 11.6 Å². The Bertz CT molecular complexity index is 1230. The van der Waals surface area contributed by atoms with Gasteiger partial charge in [0.2, 0.25) is 5.88 Å². The van der Waals surface area contributed by atoms with Gasteiger partial charge in [0.25, 0.3) is 0 Å². The van der Waals surface area contributed by atoms with Crippen molar-refractivity contribution in [3.05, 3.63) is 76.4 Å². The number of thiol groups is 1. The molecule has 1 unspecified atom stereocenters. The van der Waals surface area contributed by atoms with E-state index in [2.05, 4.69) is 22.7 Å². The van der Waals surface area contributed by atoms with Gasteiger partial charge in [-0.3, -0.25) is 0 Å². The van der Waals surface area contributed by atoms with Crippen LogP contribution in [-0.4, -0.2) is 26.0 Å². The highest BCUT2D eigenvalue weighted by atomic mass is 35.5. The van der Waals surface area contributed by atoms with Crippen LogP contribution in [-0.2, 0) is 0 Å². The van der Waals surface area contributed by atoms with E-state index in [1.807, 2.05) is 12.3 Å². The molecule has 9 heteroatoms. The summed E-state index contributed by atoms with van der Waals surface area (Å²) >= 11 is 11.9. The summed E-state index contributed by atoms with van der Waals surface area (Å²) in [6.45, 7) is 0. The molecule has 0 aliphatic heterocycles. The average molecular weight is 450 g/mol. The SMILES string of the molecule is CSc1c(-c2cccc(Cl)c2)nn2c(O)cc(C(S)c3cccc(F)c3F)nc12. The maximum absolute atomic E-state index is 14.2. The Morgan fingerprint density at radius 3 is 2.66 bits per heavy atom. The van der Waals surface area contributed by atoms with Crippen molar-refractivity contribution in [1.29, 1.82) is 0 Å². The van der Waals surface area contributed by atoms with Crippen molar-refractivity contribution >= 4 is 41.6 Å². The first-order chi connectivity index (χ1) is 13.9. The number of benzene rings is 2. The van der Waals surface area contributed by atoms with Crippen LogP contribution < -0.4 is 0 Å². The number of aromatic nitrogens is 3. The second kappa shape index (κ2) is 7.85. The highest BCUT2D eigenvalue weighted by molar-refractivity contribution is 7.99. The summed E-state index contributed by atoms with van der Waals surface area (Å²) in [6.07, 6.45) is 1.86. The summed E-state index contributed by atoms with van der Waals surface area (Å²) in [7, 11) is 0. The summed E-state index contributed by atoms with van der Waals surface area (Å²) in [4.78, 5) is 5.26. The monoisotopic (exact) mass is 449 g/mol. The molecule has 1 N–H and O–H groups in total. The first kappa shape index (κ1) is 20.0. The minimum Gasteiger partial charge on any atom is -0.493 e. The minimum atomic E-state index is -0.994. The highest BCUT2D eigenvalue weighted by Crippen LogP contribution is 2.37. The van der Waals surface area contributed by atoms with Crippen LogP contribution >= 0.6 is 36.0 Å². The number of nitrogens with zero attached hydrogens (tertiary/aromatic N) is 3. The van der Waals surface area contributed by atoms with Gasteiger partial charge in [-0.25, -0.2) is 13.8 Å². The second-order valence-corrected chi connectivity index (χ2v) is 7.98. The lowest BCUT2D eigenvalue weighted by Crippen LogP contribution is -2.04. The van der Waals surface area contributed by atoms with Crippen LogP contribution in [0.3, 0.4) is 0 Å². The fourth-order valence-corrected chi connectivity index (χ4v) is 4.23. The molecule has 4 rings (SSSR count). The number of aromatic hydroxyl groups is 1. The predicted octanol–water partition coefficient (Wildman–Crippen LogP) is 5.77. The minimum absolute atomic E-state index is 0.0323. The quantitative estimate of drug-likeness (QED) is 0.306. The number of hydrogen-bond donors (Lipinski definition) is 2. The maximum Gasteiger partial charge on any atom is 0.215 e. The van der Waals surface area contributed by atoms with E-state index in [0.29, 0.717) is 21.3 Å². The Kier molecular flexibility index (Phi) is 5.42. The Morgan fingerprint density at radius 1 is 1.17 bits per heavy atom. The van der Waals surface area contributed by atoms with Crippen LogP contribution in [0.25, 0.3) is 16.9 Å². The molecule has 4 aromatic rings. The van der Waals surface area contributed by atoms with Crippen LogP contribution in [0.1, 0.15) is 16.5 Å². The van der Waals surface area contributed by atoms with E-state index in [9.17, 15) is 13.9 Å². The van der Waals surface area contributed by atoms with Gasteiger partial charge in [0.1, 0.15) is 5.69 Å². The van der Waals surface area contributed by atoms with E-state index in [1.165, 1.54) is 34.5 Å². The molecule has 4 nitrogen and oxygen atoms in total. The van der Waals surface area contributed by atoms with Gasteiger partial charge >= 0.3 is 0 Å². The standard InChI is InChI=1S/C20H14ClF2N3OS2/c1-29-19-17(10-4-2-5-11(21)8-10)25-26-15(27)9-14(24-20(19)26)18(28)12-6-3-7-13(22)16(12)23/h2-9,18,27-28H,1H3. The zero-order valence-corrected chi connectivity index (χ0v) is 17.4. The van der Waals surface area contributed by atoms with E-state index >= 15 is 0 Å². The van der Waals surface area contributed by atoms with Crippen molar-refractivity contribution in [3.63, 3.8) is 0 Å².